The van der Waals surface area contributed by atoms with Crippen LogP contribution in [0.25, 0.3) is 0 Å². The molecule has 0 fully saturated rings. The molecule has 0 unspecified atom stereocenters. The average Bonchev–Trinajstić information content (AvgIpc) is 3.18. The first-order valence-electron chi connectivity index (χ1n) is 9.30. The van der Waals surface area contributed by atoms with Crippen molar-refractivity contribution in [2.75, 3.05) is 33.6 Å². The third-order valence-corrected chi connectivity index (χ3v) is 4.26. The van der Waals surface area contributed by atoms with Gasteiger partial charge in [0.15, 0.2) is 17.5 Å². The summed E-state index contributed by atoms with van der Waals surface area (Å²) in [4.78, 5) is 4.25. The highest BCUT2D eigenvalue weighted by Gasteiger charge is 2.13. The molecule has 3 rings (SSSR count). The summed E-state index contributed by atoms with van der Waals surface area (Å²) in [6, 6.07) is 16.3. The molecule has 2 N–H and O–H groups in total. The van der Waals surface area contributed by atoms with Crippen LogP contribution in [0.5, 0.6) is 11.5 Å². The Morgan fingerprint density at radius 1 is 1.00 bits per heavy atom. The average molecular weight is 497 g/mol. The number of ether oxygens (including phenoxy) is 3. The lowest BCUT2D eigenvalue weighted by molar-refractivity contribution is 0.135. The van der Waals surface area contributed by atoms with Gasteiger partial charge in [-0.15, -0.1) is 24.0 Å². The molecule has 2 aromatic carbocycles. The molecule has 0 bridgehead atoms. The number of benzene rings is 2. The van der Waals surface area contributed by atoms with E-state index in [-0.39, 0.29) is 24.0 Å². The molecule has 7 heteroatoms. The van der Waals surface area contributed by atoms with Crippen LogP contribution in [-0.2, 0) is 17.7 Å². The van der Waals surface area contributed by atoms with Gasteiger partial charge in [-0.05, 0) is 36.1 Å². The number of nitrogens with one attached hydrogen (secondary N) is 2. The van der Waals surface area contributed by atoms with Crippen LogP contribution in [0.2, 0.25) is 0 Å². The molecule has 1 aliphatic rings. The SMILES string of the molecule is CN=C(NCCCOCCc1ccccc1)NCc1ccc2c(c1)OCO2.I. The fraction of sp³-hybridized carbons (Fsp3) is 0.381. The van der Waals surface area contributed by atoms with Crippen molar-refractivity contribution in [3.8, 4) is 11.5 Å². The number of rotatable bonds is 9. The fourth-order valence-electron chi connectivity index (χ4n) is 2.78. The van der Waals surface area contributed by atoms with Gasteiger partial charge < -0.3 is 24.8 Å². The number of guanidine groups is 1. The van der Waals surface area contributed by atoms with Gasteiger partial charge in [0.05, 0.1) is 6.61 Å². The van der Waals surface area contributed by atoms with E-state index in [4.69, 9.17) is 14.2 Å². The van der Waals surface area contributed by atoms with E-state index in [1.165, 1.54) is 5.56 Å². The highest BCUT2D eigenvalue weighted by Crippen LogP contribution is 2.32. The van der Waals surface area contributed by atoms with Gasteiger partial charge in [-0.1, -0.05) is 36.4 Å². The van der Waals surface area contributed by atoms with E-state index in [1.807, 2.05) is 24.3 Å². The molecule has 152 valence electrons. The van der Waals surface area contributed by atoms with Crippen molar-refractivity contribution in [3.63, 3.8) is 0 Å². The largest absolute Gasteiger partial charge is 0.454 e. The molecule has 1 aliphatic heterocycles. The quantitative estimate of drug-likeness (QED) is 0.241. The Balaban J connectivity index is 0.00000280. The van der Waals surface area contributed by atoms with Crippen LogP contribution in [0.4, 0.5) is 0 Å². The minimum atomic E-state index is 0. The van der Waals surface area contributed by atoms with Gasteiger partial charge in [0.1, 0.15) is 0 Å². The molecule has 28 heavy (non-hydrogen) atoms. The topological polar surface area (TPSA) is 64.1 Å². The normalized spacial score (nSPS) is 12.4. The van der Waals surface area contributed by atoms with Crippen molar-refractivity contribution in [2.45, 2.75) is 19.4 Å². The van der Waals surface area contributed by atoms with E-state index in [9.17, 15) is 0 Å². The Hall–Kier alpha value is -2.00. The van der Waals surface area contributed by atoms with Gasteiger partial charge in [0, 0.05) is 26.7 Å². The third-order valence-electron chi connectivity index (χ3n) is 4.26. The first kappa shape index (κ1) is 22.3. The summed E-state index contributed by atoms with van der Waals surface area (Å²) < 4.78 is 16.4. The maximum Gasteiger partial charge on any atom is 0.231 e. The summed E-state index contributed by atoms with van der Waals surface area (Å²) in [5.74, 6) is 2.37. The predicted molar refractivity (Wildman–Crippen MR) is 122 cm³/mol. The summed E-state index contributed by atoms with van der Waals surface area (Å²) >= 11 is 0. The van der Waals surface area contributed by atoms with Crippen LogP contribution in [0.3, 0.4) is 0 Å². The van der Waals surface area contributed by atoms with E-state index in [1.54, 1.807) is 7.05 Å². The zero-order chi connectivity index (χ0) is 18.7. The van der Waals surface area contributed by atoms with Crippen LogP contribution < -0.4 is 20.1 Å². The van der Waals surface area contributed by atoms with E-state index in [0.29, 0.717) is 13.3 Å². The lowest BCUT2D eigenvalue weighted by Crippen LogP contribution is -2.37. The van der Waals surface area contributed by atoms with Gasteiger partial charge >= 0.3 is 0 Å². The highest BCUT2D eigenvalue weighted by molar-refractivity contribution is 14.0. The molecular weight excluding hydrogens is 469 g/mol. The summed E-state index contributed by atoms with van der Waals surface area (Å²) in [6.45, 7) is 3.26. The Bertz CT molecular complexity index is 741. The molecule has 0 amide bonds. The van der Waals surface area contributed by atoms with Crippen molar-refractivity contribution >= 4 is 29.9 Å². The summed E-state index contributed by atoms with van der Waals surface area (Å²) in [6.07, 6.45) is 1.88. The number of nitrogens with zero attached hydrogens (tertiary/aromatic N) is 1. The smallest absolute Gasteiger partial charge is 0.231 e. The monoisotopic (exact) mass is 497 g/mol. The first-order chi connectivity index (χ1) is 13.3. The van der Waals surface area contributed by atoms with E-state index in [0.717, 1.165) is 55.6 Å². The summed E-state index contributed by atoms with van der Waals surface area (Å²) in [7, 11) is 1.77. The van der Waals surface area contributed by atoms with E-state index < -0.39 is 0 Å². The van der Waals surface area contributed by atoms with E-state index >= 15 is 0 Å². The minimum absolute atomic E-state index is 0. The lowest BCUT2D eigenvalue weighted by Gasteiger charge is -2.12. The number of hydrogen-bond acceptors (Lipinski definition) is 4. The highest BCUT2D eigenvalue weighted by atomic mass is 127. The molecule has 0 saturated carbocycles. The molecule has 2 aromatic rings. The van der Waals surface area contributed by atoms with Crippen LogP contribution in [-0.4, -0.2) is 39.6 Å². The van der Waals surface area contributed by atoms with Gasteiger partial charge in [-0.2, -0.15) is 0 Å². The molecule has 0 radical (unpaired) electrons. The minimum Gasteiger partial charge on any atom is -0.454 e. The molecule has 0 aliphatic carbocycles. The zero-order valence-corrected chi connectivity index (χ0v) is 18.5. The molecule has 0 saturated heterocycles. The second-order valence-corrected chi connectivity index (χ2v) is 6.24. The van der Waals surface area contributed by atoms with Crippen LogP contribution >= 0.6 is 24.0 Å². The molecule has 6 nitrogen and oxygen atoms in total. The summed E-state index contributed by atoms with van der Waals surface area (Å²) in [5, 5.41) is 6.61. The van der Waals surface area contributed by atoms with Crippen molar-refractivity contribution in [1.29, 1.82) is 0 Å². The Kier molecular flexibility index (Phi) is 9.92. The molecule has 0 aromatic heterocycles. The molecule has 0 spiro atoms. The Morgan fingerprint density at radius 3 is 2.64 bits per heavy atom. The second-order valence-electron chi connectivity index (χ2n) is 6.24. The lowest BCUT2D eigenvalue weighted by atomic mass is 10.2. The molecule has 0 atom stereocenters. The van der Waals surface area contributed by atoms with Crippen molar-refractivity contribution in [1.82, 2.24) is 10.6 Å². The second kappa shape index (κ2) is 12.5. The van der Waals surface area contributed by atoms with Crippen LogP contribution in [0.1, 0.15) is 17.5 Å². The number of halogens is 1. The van der Waals surface area contributed by atoms with Crippen LogP contribution in [0, 0.1) is 0 Å². The zero-order valence-electron chi connectivity index (χ0n) is 16.1. The Morgan fingerprint density at radius 2 is 1.82 bits per heavy atom. The third kappa shape index (κ3) is 7.20. The van der Waals surface area contributed by atoms with Gasteiger partial charge in [-0.3, -0.25) is 4.99 Å². The number of fused-ring (bicyclic) bond motifs is 1. The molecular formula is C21H28IN3O3. The predicted octanol–water partition coefficient (Wildman–Crippen LogP) is 3.35. The van der Waals surface area contributed by atoms with Crippen LogP contribution in [0.15, 0.2) is 53.5 Å². The summed E-state index contributed by atoms with van der Waals surface area (Å²) in [5.41, 5.74) is 2.43. The first-order valence-corrected chi connectivity index (χ1v) is 9.30. The van der Waals surface area contributed by atoms with Crippen molar-refractivity contribution in [3.05, 3.63) is 59.7 Å². The maximum atomic E-state index is 5.70. The van der Waals surface area contributed by atoms with Crippen molar-refractivity contribution in [2.24, 2.45) is 4.99 Å². The molecule has 1 heterocycles. The van der Waals surface area contributed by atoms with Gasteiger partial charge in [0.2, 0.25) is 6.79 Å². The fourth-order valence-corrected chi connectivity index (χ4v) is 2.78. The van der Waals surface area contributed by atoms with Gasteiger partial charge in [0.25, 0.3) is 0 Å². The van der Waals surface area contributed by atoms with Crippen molar-refractivity contribution < 1.29 is 14.2 Å². The standard InChI is InChI=1S/C21H27N3O3.HI/c1-22-21(24-15-18-8-9-19-20(14-18)27-16-26-19)23-11-5-12-25-13-10-17-6-3-2-4-7-17;/h2-4,6-9,14H,5,10-13,15-16H2,1H3,(H2,22,23,24);1H. The van der Waals surface area contributed by atoms with E-state index in [2.05, 4.69) is 39.9 Å². The number of aliphatic imine (C=N–C) groups is 1. The maximum absolute atomic E-state index is 5.70. The van der Waals surface area contributed by atoms with Gasteiger partial charge in [-0.25, -0.2) is 0 Å². The number of hydrogen-bond donors (Lipinski definition) is 2. The Labute approximate surface area is 183 Å².